The van der Waals surface area contributed by atoms with E-state index in [1.54, 1.807) is 32.0 Å². The molecule has 2 rings (SSSR count). The Labute approximate surface area is 194 Å². The number of aliphatic hydroxyl groups is 2. The molecule has 0 atom stereocenters. The third-order valence-corrected chi connectivity index (χ3v) is 5.38. The van der Waals surface area contributed by atoms with Crippen molar-refractivity contribution >= 4 is 40.3 Å². The van der Waals surface area contributed by atoms with Gasteiger partial charge in [-0.3, -0.25) is 0 Å². The van der Waals surface area contributed by atoms with Crippen LogP contribution in [0.25, 0.3) is 5.57 Å². The SMILES string of the molecule is C=C(NC(=Nc1ccc(C(/C=C\CCO)=C/C)cc1)c1cccc(Cl)c1Cl)C(C)(C)O. The Morgan fingerprint density at radius 3 is 2.42 bits per heavy atom. The average molecular weight is 459 g/mol. The van der Waals surface area contributed by atoms with E-state index in [0.29, 0.717) is 39.2 Å². The molecule has 0 saturated heterocycles. The highest BCUT2D eigenvalue weighted by molar-refractivity contribution is 6.44. The van der Waals surface area contributed by atoms with E-state index in [4.69, 9.17) is 33.3 Å². The van der Waals surface area contributed by atoms with Gasteiger partial charge in [-0.1, -0.05) is 66.2 Å². The first-order chi connectivity index (χ1) is 14.7. The highest BCUT2D eigenvalue weighted by Crippen LogP contribution is 2.28. The number of hydrogen-bond acceptors (Lipinski definition) is 3. The molecule has 0 bridgehead atoms. The minimum Gasteiger partial charge on any atom is -0.396 e. The smallest absolute Gasteiger partial charge is 0.139 e. The lowest BCUT2D eigenvalue weighted by Crippen LogP contribution is -2.35. The summed E-state index contributed by atoms with van der Waals surface area (Å²) in [5.74, 6) is 0.432. The summed E-state index contributed by atoms with van der Waals surface area (Å²) in [4.78, 5) is 4.71. The topological polar surface area (TPSA) is 64.9 Å². The van der Waals surface area contributed by atoms with E-state index in [1.165, 1.54) is 0 Å². The molecular weight excluding hydrogens is 431 g/mol. The largest absolute Gasteiger partial charge is 0.396 e. The first-order valence-electron chi connectivity index (χ1n) is 9.93. The van der Waals surface area contributed by atoms with Crippen LogP contribution >= 0.6 is 23.2 Å². The molecule has 0 radical (unpaired) electrons. The summed E-state index contributed by atoms with van der Waals surface area (Å²) in [6.07, 6.45) is 6.55. The lowest BCUT2D eigenvalue weighted by molar-refractivity contribution is 0.115. The maximum Gasteiger partial charge on any atom is 0.139 e. The molecule has 2 aromatic rings. The number of nitrogens with one attached hydrogen (secondary N) is 1. The van der Waals surface area contributed by atoms with Crippen LogP contribution in [0.3, 0.4) is 0 Å². The van der Waals surface area contributed by atoms with Crippen LogP contribution in [0.15, 0.2) is 78.0 Å². The number of rotatable bonds is 8. The molecule has 6 heteroatoms. The van der Waals surface area contributed by atoms with Gasteiger partial charge in [0.15, 0.2) is 0 Å². The van der Waals surface area contributed by atoms with Crippen LogP contribution < -0.4 is 5.32 Å². The number of allylic oxidation sites excluding steroid dienone is 3. The molecule has 2 aromatic carbocycles. The number of nitrogens with zero attached hydrogens (tertiary/aromatic N) is 1. The minimum atomic E-state index is -1.16. The van der Waals surface area contributed by atoms with Crippen molar-refractivity contribution in [3.05, 3.63) is 94.1 Å². The Bertz CT molecular complexity index is 1000. The maximum absolute atomic E-state index is 10.3. The minimum absolute atomic E-state index is 0.124. The Hall–Kier alpha value is -2.37. The number of aliphatic imine (C=N–C) groups is 1. The van der Waals surface area contributed by atoms with E-state index in [0.717, 1.165) is 11.1 Å². The Morgan fingerprint density at radius 1 is 1.16 bits per heavy atom. The van der Waals surface area contributed by atoms with Gasteiger partial charge >= 0.3 is 0 Å². The number of benzene rings is 2. The fourth-order valence-corrected chi connectivity index (χ4v) is 3.03. The highest BCUT2D eigenvalue weighted by atomic mass is 35.5. The fourth-order valence-electron chi connectivity index (χ4n) is 2.64. The van der Waals surface area contributed by atoms with E-state index < -0.39 is 5.60 Å². The van der Waals surface area contributed by atoms with Crippen LogP contribution in [-0.2, 0) is 0 Å². The number of hydrogen-bond donors (Lipinski definition) is 3. The van der Waals surface area contributed by atoms with Gasteiger partial charge in [-0.15, -0.1) is 0 Å². The van der Waals surface area contributed by atoms with Gasteiger partial charge in [0.1, 0.15) is 5.84 Å². The van der Waals surface area contributed by atoms with Crippen molar-refractivity contribution in [3.63, 3.8) is 0 Å². The zero-order valence-electron chi connectivity index (χ0n) is 18.0. The molecular formula is C25H28Cl2N2O2. The molecule has 0 aliphatic carbocycles. The van der Waals surface area contributed by atoms with Crippen molar-refractivity contribution in [2.24, 2.45) is 4.99 Å². The van der Waals surface area contributed by atoms with Crippen LogP contribution in [0.5, 0.6) is 0 Å². The molecule has 0 aliphatic heterocycles. The number of aliphatic hydroxyl groups excluding tert-OH is 1. The van der Waals surface area contributed by atoms with Crippen molar-refractivity contribution in [2.45, 2.75) is 32.8 Å². The van der Waals surface area contributed by atoms with Crippen molar-refractivity contribution in [1.29, 1.82) is 0 Å². The summed E-state index contributed by atoms with van der Waals surface area (Å²) in [7, 11) is 0. The van der Waals surface area contributed by atoms with Crippen LogP contribution in [0, 0.1) is 0 Å². The second-order valence-corrected chi connectivity index (χ2v) is 8.22. The van der Waals surface area contributed by atoms with Crippen LogP contribution in [0.1, 0.15) is 38.3 Å². The molecule has 31 heavy (non-hydrogen) atoms. The zero-order chi connectivity index (χ0) is 23.0. The van der Waals surface area contributed by atoms with E-state index in [1.807, 2.05) is 49.4 Å². The predicted molar refractivity (Wildman–Crippen MR) is 132 cm³/mol. The molecule has 0 aromatic heterocycles. The van der Waals surface area contributed by atoms with E-state index in [-0.39, 0.29) is 6.61 Å². The van der Waals surface area contributed by atoms with Gasteiger partial charge in [0, 0.05) is 17.9 Å². The monoisotopic (exact) mass is 458 g/mol. The predicted octanol–water partition coefficient (Wildman–Crippen LogP) is 6.29. The van der Waals surface area contributed by atoms with Crippen molar-refractivity contribution < 1.29 is 10.2 Å². The second kappa shape index (κ2) is 11.3. The molecule has 0 spiro atoms. The number of halogens is 2. The van der Waals surface area contributed by atoms with Crippen LogP contribution in [0.4, 0.5) is 5.69 Å². The standard InChI is InChI=1S/C25H28Cl2N2O2/c1-5-18(9-6-7-16-30)19-12-14-20(15-13-19)29-24(28-17(2)25(3,4)31)21-10-8-11-22(26)23(21)27/h5-6,8-15,30-31H,2,7,16H2,1,3-4H3,(H,28,29)/b9-6-,18-5+. The second-order valence-electron chi connectivity index (χ2n) is 7.43. The lowest BCUT2D eigenvalue weighted by atomic mass is 10.0. The van der Waals surface area contributed by atoms with Crippen LogP contribution in [0.2, 0.25) is 10.0 Å². The summed E-state index contributed by atoms with van der Waals surface area (Å²) >= 11 is 12.6. The molecule has 0 saturated carbocycles. The molecule has 0 unspecified atom stereocenters. The van der Waals surface area contributed by atoms with Gasteiger partial charge in [-0.25, -0.2) is 4.99 Å². The first kappa shape index (κ1) is 24.9. The highest BCUT2D eigenvalue weighted by Gasteiger charge is 2.20. The lowest BCUT2D eigenvalue weighted by Gasteiger charge is -2.23. The summed E-state index contributed by atoms with van der Waals surface area (Å²) in [5.41, 5.74) is 2.61. The van der Waals surface area contributed by atoms with Gasteiger partial charge in [0.25, 0.3) is 0 Å². The van der Waals surface area contributed by atoms with Crippen LogP contribution in [-0.4, -0.2) is 28.3 Å². The zero-order valence-corrected chi connectivity index (χ0v) is 19.5. The van der Waals surface area contributed by atoms with E-state index >= 15 is 0 Å². The molecule has 164 valence electrons. The van der Waals surface area contributed by atoms with E-state index in [9.17, 15) is 5.11 Å². The molecule has 0 fully saturated rings. The summed E-state index contributed by atoms with van der Waals surface area (Å²) in [6.45, 7) is 9.28. The molecule has 4 nitrogen and oxygen atoms in total. The van der Waals surface area contributed by atoms with Crippen molar-refractivity contribution in [2.75, 3.05) is 6.61 Å². The Kier molecular flexibility index (Phi) is 9.08. The fraction of sp³-hybridized carbons (Fsp3) is 0.240. The summed E-state index contributed by atoms with van der Waals surface area (Å²) in [5, 5.41) is 23.1. The van der Waals surface area contributed by atoms with Gasteiger partial charge in [0.05, 0.1) is 21.3 Å². The van der Waals surface area contributed by atoms with Crippen molar-refractivity contribution in [1.82, 2.24) is 5.32 Å². The summed E-state index contributed by atoms with van der Waals surface area (Å²) < 4.78 is 0. The molecule has 0 amide bonds. The van der Waals surface area contributed by atoms with Crippen molar-refractivity contribution in [3.8, 4) is 0 Å². The molecule has 3 N–H and O–H groups in total. The van der Waals surface area contributed by atoms with Gasteiger partial charge in [-0.2, -0.15) is 0 Å². The summed E-state index contributed by atoms with van der Waals surface area (Å²) in [6, 6.07) is 13.0. The first-order valence-corrected chi connectivity index (χ1v) is 10.7. The molecule has 0 heterocycles. The third kappa shape index (κ3) is 7.08. The molecule has 0 aliphatic rings. The maximum atomic E-state index is 10.3. The van der Waals surface area contributed by atoms with Gasteiger partial charge < -0.3 is 15.5 Å². The Morgan fingerprint density at radius 2 is 1.84 bits per heavy atom. The van der Waals surface area contributed by atoms with E-state index in [2.05, 4.69) is 11.9 Å². The third-order valence-electron chi connectivity index (χ3n) is 4.56. The quantitative estimate of drug-likeness (QED) is 0.247. The Balaban J connectivity index is 2.43. The average Bonchev–Trinajstić information content (AvgIpc) is 2.73. The van der Waals surface area contributed by atoms with Gasteiger partial charge in [-0.05, 0) is 62.6 Å². The van der Waals surface area contributed by atoms with Gasteiger partial charge in [0.2, 0.25) is 0 Å². The normalized spacial score (nSPS) is 13.0. The number of amidine groups is 1.